The van der Waals surface area contributed by atoms with Gasteiger partial charge in [0.2, 0.25) is 0 Å². The van der Waals surface area contributed by atoms with Crippen LogP contribution in [0.15, 0.2) is 121 Å². The maximum Gasteiger partial charge on any atom is 4.00 e. The van der Waals surface area contributed by atoms with Crippen molar-refractivity contribution in [3.8, 4) is 21.8 Å². The molecule has 81 heavy (non-hydrogen) atoms. The molecule has 2 radical (unpaired) electrons. The number of fused-ring (bicyclic) bond motifs is 10. The Kier molecular flexibility index (Phi) is 25.5. The largest absolute Gasteiger partial charge is 4.00 e. The predicted octanol–water partition coefficient (Wildman–Crippen LogP) is 12.1. The van der Waals surface area contributed by atoms with Crippen LogP contribution in [0.1, 0.15) is 137 Å². The predicted molar refractivity (Wildman–Crippen MR) is 324 cm³/mol. The SMILES string of the molecule is CC(=O)C=C(C)O.CCc1c2[n-]c(c1CC)C=c1[n-]c(c(CC)c1CC)=Cc1[n-]c(c(CC)c1CC)C=c1[n-]c(c(CC)c1CC)=C2.[Ir].[Ir].[Pt+4].[c-]1c(-c2ccccn2)sc2ccccc12.[c-]1ccccc1-c1nccc2ccccc12. The van der Waals surface area contributed by atoms with Gasteiger partial charge in [0.1, 0.15) is 0 Å². The van der Waals surface area contributed by atoms with Crippen molar-refractivity contribution in [1.82, 2.24) is 29.9 Å². The molecule has 1 aliphatic rings. The van der Waals surface area contributed by atoms with E-state index in [1.54, 1.807) is 11.3 Å². The summed E-state index contributed by atoms with van der Waals surface area (Å²) in [5, 5.41) is 16.2. The fraction of sp³-hybridized carbons (Fsp3) is 0.261. The van der Waals surface area contributed by atoms with Crippen LogP contribution in [-0.4, -0.2) is 20.9 Å². The molecule has 1 N–H and O–H groups in total. The van der Waals surface area contributed by atoms with Gasteiger partial charge in [0.15, 0.2) is 5.78 Å². The number of carbonyl (C=O) groups is 1. The Labute approximate surface area is 523 Å². The average molecular weight is 1630 g/mol. The molecule has 3 aromatic carbocycles. The first-order valence-electron chi connectivity index (χ1n) is 27.6. The number of nitrogens with zero attached hydrogens (tertiary/aromatic N) is 6. The normalized spacial score (nSPS) is 11.3. The summed E-state index contributed by atoms with van der Waals surface area (Å²) in [7, 11) is 0. The number of aliphatic hydroxyl groups is 1. The second kappa shape index (κ2) is 31.4. The van der Waals surface area contributed by atoms with Gasteiger partial charge in [0.05, 0.1) is 5.76 Å². The number of ketones is 1. The molecular weight excluding hydrogens is 1560 g/mol. The van der Waals surface area contributed by atoms with Gasteiger partial charge in [0, 0.05) is 64.4 Å². The van der Waals surface area contributed by atoms with Crippen LogP contribution >= 0.6 is 11.3 Å². The smallest absolute Gasteiger partial charge is 0.657 e. The van der Waals surface area contributed by atoms with Crippen molar-refractivity contribution >= 4 is 62.3 Å². The summed E-state index contributed by atoms with van der Waals surface area (Å²) < 4.78 is 1.26. The van der Waals surface area contributed by atoms with Crippen molar-refractivity contribution in [2.45, 2.75) is 121 Å². The fourth-order valence-corrected chi connectivity index (χ4v) is 11.6. The van der Waals surface area contributed by atoms with E-state index in [1.165, 1.54) is 85.3 Å². The maximum atomic E-state index is 10.0. The Morgan fingerprint density at radius 2 is 0.988 bits per heavy atom. The number of hydrogen-bond donors (Lipinski definition) is 1. The number of benzene rings is 3. The van der Waals surface area contributed by atoms with Crippen LogP contribution in [0.3, 0.4) is 0 Å². The Bertz CT molecular complexity index is 3680. The van der Waals surface area contributed by atoms with E-state index in [0.29, 0.717) is 0 Å². The quantitative estimate of drug-likeness (QED) is 0.0773. The van der Waals surface area contributed by atoms with E-state index < -0.39 is 0 Å². The molecule has 8 heterocycles. The Hall–Kier alpha value is -6.02. The third-order valence-electron chi connectivity index (χ3n) is 14.1. The summed E-state index contributed by atoms with van der Waals surface area (Å²) in [5.41, 5.74) is 17.9. The second-order valence-corrected chi connectivity index (χ2v) is 20.1. The van der Waals surface area contributed by atoms with Crippen molar-refractivity contribution in [3.63, 3.8) is 0 Å². The molecule has 0 fully saturated rings. The van der Waals surface area contributed by atoms with Crippen molar-refractivity contribution < 1.29 is 71.2 Å². The van der Waals surface area contributed by atoms with Crippen LogP contribution in [0.25, 0.3) is 67.0 Å². The van der Waals surface area contributed by atoms with Gasteiger partial charge >= 0.3 is 21.1 Å². The molecule has 424 valence electrons. The molecule has 0 amide bonds. The molecule has 0 aliphatic carbocycles. The topological polar surface area (TPSA) is 119 Å². The van der Waals surface area contributed by atoms with E-state index >= 15 is 0 Å². The monoisotopic (exact) mass is 1630 g/mol. The van der Waals surface area contributed by atoms with Crippen LogP contribution in [0.5, 0.6) is 0 Å². The van der Waals surface area contributed by atoms with E-state index in [9.17, 15) is 4.79 Å². The molecule has 1 aliphatic heterocycles. The van der Waals surface area contributed by atoms with Gasteiger partial charge in [-0.3, -0.25) is 4.79 Å². The number of aliphatic hydroxyl groups excluding tert-OH is 1. The molecule has 7 aromatic heterocycles. The zero-order valence-corrected chi connectivity index (χ0v) is 55.7. The van der Waals surface area contributed by atoms with Crippen molar-refractivity contribution in [2.75, 3.05) is 0 Å². The van der Waals surface area contributed by atoms with Gasteiger partial charge in [-0.2, -0.15) is 0 Å². The van der Waals surface area contributed by atoms with E-state index in [0.717, 1.165) is 117 Å². The summed E-state index contributed by atoms with van der Waals surface area (Å²) in [6, 6.07) is 39.0. The molecule has 0 unspecified atom stereocenters. The molecule has 12 heteroatoms. The van der Waals surface area contributed by atoms with Crippen LogP contribution in [-0.2, 0) is 117 Å². The van der Waals surface area contributed by atoms with E-state index in [4.69, 9.17) is 25.0 Å². The minimum atomic E-state index is -0.125. The van der Waals surface area contributed by atoms with Crippen molar-refractivity contribution in [1.29, 1.82) is 0 Å². The molecule has 0 spiro atoms. The zero-order chi connectivity index (χ0) is 55.3. The standard InChI is InChI=1S/C36H44N4.C15H10N.C13H8NS.C5H8O2.2Ir.Pt/c1-9-21-22(10-2)30-18-32-25(13-5)26(14-6)34(39-32)20-36-28(16-8)27(15-7)35(40-36)19-33-24(12-4)23(11-3)31(38-33)17-29(21)37-30;1-2-7-13(8-3-1)15-14-9-5-4-6-12(14)10-11-16-15;1-2-7-12-10(5-1)9-13(15-12)11-6-3-4-8-14-11;1-4(6)3-5(2)7;;;/h17-20H,9-16H2,1-8H3;1-7,9-11H;1-8H;3,6H,1-2H3;;;/q-4;2*-1;;;;+4. The summed E-state index contributed by atoms with van der Waals surface area (Å²) in [5.74, 6) is -0.0625. The summed E-state index contributed by atoms with van der Waals surface area (Å²) in [4.78, 5) is 40.9. The minimum Gasteiger partial charge on any atom is -0.657 e. The first-order valence-corrected chi connectivity index (χ1v) is 28.4. The number of allylic oxidation sites excluding steroid dienone is 2. The number of pyridine rings is 2. The van der Waals surface area contributed by atoms with Gasteiger partial charge < -0.3 is 35.0 Å². The van der Waals surface area contributed by atoms with Crippen LogP contribution in [0, 0.1) is 12.1 Å². The molecule has 8 bridgehead atoms. The zero-order valence-electron chi connectivity index (χ0n) is 47.9. The van der Waals surface area contributed by atoms with Gasteiger partial charge in [-0.1, -0.05) is 173 Å². The van der Waals surface area contributed by atoms with Crippen molar-refractivity contribution in [3.05, 3.63) is 222 Å². The van der Waals surface area contributed by atoms with E-state index in [-0.39, 0.29) is 72.8 Å². The third kappa shape index (κ3) is 15.4. The molecule has 10 aromatic rings. The van der Waals surface area contributed by atoms with E-state index in [2.05, 4.69) is 132 Å². The Morgan fingerprint density at radius 3 is 1.40 bits per heavy atom. The summed E-state index contributed by atoms with van der Waals surface area (Å²) in [6.07, 6.45) is 21.4. The van der Waals surface area contributed by atoms with Crippen LogP contribution in [0.4, 0.5) is 0 Å². The van der Waals surface area contributed by atoms with E-state index in [1.807, 2.05) is 79.1 Å². The molecule has 0 atom stereocenters. The van der Waals surface area contributed by atoms with Crippen molar-refractivity contribution in [2.24, 2.45) is 0 Å². The Morgan fingerprint density at radius 1 is 0.531 bits per heavy atom. The van der Waals surface area contributed by atoms with Gasteiger partial charge in [-0.25, -0.2) is 11.3 Å². The number of thiophene rings is 1. The second-order valence-electron chi connectivity index (χ2n) is 19.1. The molecule has 8 nitrogen and oxygen atoms in total. The summed E-state index contributed by atoms with van der Waals surface area (Å²) >= 11 is 1.73. The molecule has 0 saturated heterocycles. The number of carbonyl (C=O) groups excluding carboxylic acids is 1. The fourth-order valence-electron chi connectivity index (χ4n) is 10.6. The van der Waals surface area contributed by atoms with Gasteiger partial charge in [0.25, 0.3) is 0 Å². The van der Waals surface area contributed by atoms with Crippen LogP contribution < -0.4 is 41.3 Å². The van der Waals surface area contributed by atoms with Crippen LogP contribution in [0.2, 0.25) is 0 Å². The first kappa shape index (κ1) is 65.8. The Balaban J connectivity index is 0.000000239. The number of hydrogen-bond acceptors (Lipinski definition) is 5. The summed E-state index contributed by atoms with van der Waals surface area (Å²) in [6.45, 7) is 20.8. The minimum absolute atomic E-state index is 0. The molecular formula is C69H70Ir2N6O2PtS-2. The first-order chi connectivity index (χ1) is 38.0. The molecule has 11 rings (SSSR count). The molecule has 0 saturated carbocycles. The maximum absolute atomic E-state index is 10.0. The average Bonchev–Trinajstić information content (AvgIpc) is 4.46. The van der Waals surface area contributed by atoms with Gasteiger partial charge in [-0.15, -0.1) is 104 Å². The third-order valence-corrected chi connectivity index (χ3v) is 15.2. The number of rotatable bonds is 11. The number of aromatic nitrogens is 6. The van der Waals surface area contributed by atoms with Gasteiger partial charge in [-0.05, 0) is 103 Å².